The van der Waals surface area contributed by atoms with E-state index in [1.54, 1.807) is 0 Å². The van der Waals surface area contributed by atoms with Gasteiger partial charge in [-0.1, -0.05) is 0 Å². The number of imidazole rings is 1. The van der Waals surface area contributed by atoms with Crippen molar-refractivity contribution in [3.8, 4) is 11.3 Å². The van der Waals surface area contributed by atoms with Gasteiger partial charge in [-0.05, 0) is 46.9 Å². The first-order valence-corrected chi connectivity index (χ1v) is 6.99. The summed E-state index contributed by atoms with van der Waals surface area (Å²) in [5.41, 5.74) is 2.93. The van der Waals surface area contributed by atoms with Crippen LogP contribution in [0, 0.1) is 3.57 Å². The zero-order valence-corrected chi connectivity index (χ0v) is 12.9. The van der Waals surface area contributed by atoms with Crippen molar-refractivity contribution in [2.75, 3.05) is 19.0 Å². The highest BCUT2D eigenvalue weighted by atomic mass is 127. The minimum atomic E-state index is 0.944. The summed E-state index contributed by atoms with van der Waals surface area (Å²) in [6, 6.07) is 8.13. The van der Waals surface area contributed by atoms with Gasteiger partial charge in [-0.3, -0.25) is 0 Å². The van der Waals surface area contributed by atoms with Crippen LogP contribution < -0.4 is 4.90 Å². The lowest BCUT2D eigenvalue weighted by atomic mass is 10.2. The molecule has 0 amide bonds. The fourth-order valence-electron chi connectivity index (χ4n) is 1.91. The number of hydrogen-bond donors (Lipinski definition) is 0. The molecule has 0 fully saturated rings. The van der Waals surface area contributed by atoms with Crippen molar-refractivity contribution in [3.05, 3.63) is 46.4 Å². The Bertz CT molecular complexity index is 716. The number of halogens is 1. The van der Waals surface area contributed by atoms with Crippen molar-refractivity contribution >= 4 is 34.1 Å². The number of hydrogen-bond acceptors (Lipinski definition) is 3. The molecule has 0 N–H and O–H groups in total. The Hall–Kier alpha value is -1.63. The van der Waals surface area contributed by atoms with Crippen LogP contribution in [0.5, 0.6) is 0 Å². The van der Waals surface area contributed by atoms with Crippen molar-refractivity contribution < 1.29 is 0 Å². The number of aromatic nitrogens is 3. The van der Waals surface area contributed by atoms with E-state index >= 15 is 0 Å². The van der Waals surface area contributed by atoms with Crippen LogP contribution >= 0.6 is 22.6 Å². The van der Waals surface area contributed by atoms with Gasteiger partial charge in [-0.2, -0.15) is 0 Å². The topological polar surface area (TPSA) is 33.4 Å². The third-order valence-electron chi connectivity index (χ3n) is 2.92. The first-order valence-electron chi connectivity index (χ1n) is 5.91. The molecule has 96 valence electrons. The molecule has 3 aromatic heterocycles. The molecule has 5 heteroatoms. The van der Waals surface area contributed by atoms with Crippen LogP contribution in [0.4, 0.5) is 5.82 Å². The Morgan fingerprint density at radius 2 is 1.95 bits per heavy atom. The summed E-state index contributed by atoms with van der Waals surface area (Å²) < 4.78 is 3.23. The summed E-state index contributed by atoms with van der Waals surface area (Å²) in [7, 11) is 3.96. The van der Waals surface area contributed by atoms with Crippen LogP contribution in [0.15, 0.2) is 42.9 Å². The van der Waals surface area contributed by atoms with E-state index in [0.29, 0.717) is 0 Å². The van der Waals surface area contributed by atoms with Crippen LogP contribution in [0.1, 0.15) is 0 Å². The molecular weight excluding hydrogens is 351 g/mol. The molecule has 0 aliphatic rings. The maximum Gasteiger partial charge on any atom is 0.137 e. The molecule has 0 spiro atoms. The molecule has 0 saturated carbocycles. The molecule has 0 aliphatic heterocycles. The van der Waals surface area contributed by atoms with Crippen molar-refractivity contribution in [1.29, 1.82) is 0 Å². The van der Waals surface area contributed by atoms with E-state index in [9.17, 15) is 0 Å². The van der Waals surface area contributed by atoms with Gasteiger partial charge in [0.1, 0.15) is 11.5 Å². The highest BCUT2D eigenvalue weighted by molar-refractivity contribution is 14.1. The molecule has 3 rings (SSSR count). The van der Waals surface area contributed by atoms with Crippen molar-refractivity contribution in [3.63, 3.8) is 0 Å². The predicted molar refractivity (Wildman–Crippen MR) is 85.5 cm³/mol. The quantitative estimate of drug-likeness (QED) is 0.656. The van der Waals surface area contributed by atoms with Crippen LogP contribution in [0.2, 0.25) is 0 Å². The van der Waals surface area contributed by atoms with Gasteiger partial charge >= 0.3 is 0 Å². The van der Waals surface area contributed by atoms with Gasteiger partial charge in [0, 0.05) is 41.8 Å². The zero-order valence-electron chi connectivity index (χ0n) is 10.7. The summed E-state index contributed by atoms with van der Waals surface area (Å²) in [5.74, 6) is 0.946. The van der Waals surface area contributed by atoms with Gasteiger partial charge in [-0.25, -0.2) is 9.97 Å². The van der Waals surface area contributed by atoms with Crippen LogP contribution in [-0.2, 0) is 0 Å². The van der Waals surface area contributed by atoms with Crippen LogP contribution in [0.25, 0.3) is 16.9 Å². The summed E-state index contributed by atoms with van der Waals surface area (Å²) in [4.78, 5) is 11.0. The third-order valence-corrected chi connectivity index (χ3v) is 3.55. The maximum atomic E-state index is 4.60. The molecule has 0 radical (unpaired) electrons. The summed E-state index contributed by atoms with van der Waals surface area (Å²) in [6.45, 7) is 0. The molecule has 0 aromatic carbocycles. The molecule has 19 heavy (non-hydrogen) atoms. The first-order chi connectivity index (χ1) is 9.13. The molecular formula is C14H13IN4. The lowest BCUT2D eigenvalue weighted by Gasteiger charge is -2.10. The molecule has 0 aliphatic carbocycles. The average Bonchev–Trinajstić information content (AvgIpc) is 2.81. The molecule has 0 bridgehead atoms. The normalized spacial score (nSPS) is 10.9. The van der Waals surface area contributed by atoms with E-state index in [-0.39, 0.29) is 0 Å². The van der Waals surface area contributed by atoms with E-state index in [0.717, 1.165) is 22.7 Å². The Kier molecular flexibility index (Phi) is 3.14. The summed E-state index contributed by atoms with van der Waals surface area (Å²) >= 11 is 2.30. The smallest absolute Gasteiger partial charge is 0.137 e. The highest BCUT2D eigenvalue weighted by Gasteiger charge is 2.05. The second kappa shape index (κ2) is 4.80. The van der Waals surface area contributed by atoms with E-state index < -0.39 is 0 Å². The number of nitrogens with zero attached hydrogens (tertiary/aromatic N) is 4. The summed E-state index contributed by atoms with van der Waals surface area (Å²) in [6.07, 6.45) is 5.96. The third kappa shape index (κ3) is 2.42. The monoisotopic (exact) mass is 364 g/mol. The van der Waals surface area contributed by atoms with Crippen molar-refractivity contribution in [2.24, 2.45) is 0 Å². The maximum absolute atomic E-state index is 4.60. The SMILES string of the molecule is CN(C)c1ccc(-c2cn3cc(I)ccc3n2)cn1. The average molecular weight is 364 g/mol. The lowest BCUT2D eigenvalue weighted by molar-refractivity contribution is 1.07. The van der Waals surface area contributed by atoms with Gasteiger partial charge in [0.05, 0.1) is 5.69 Å². The Morgan fingerprint density at radius 3 is 2.63 bits per heavy atom. The van der Waals surface area contributed by atoms with Gasteiger partial charge in [0.15, 0.2) is 0 Å². The number of pyridine rings is 2. The molecule has 0 atom stereocenters. The summed E-state index contributed by atoms with van der Waals surface area (Å²) in [5, 5.41) is 0. The molecule has 0 unspecified atom stereocenters. The number of anilines is 1. The standard InChI is InChI=1S/C14H13IN4/c1-18(2)13-5-3-10(7-16-13)12-9-19-8-11(15)4-6-14(19)17-12/h3-9H,1-2H3. The Balaban J connectivity index is 2.03. The fraction of sp³-hybridized carbons (Fsp3) is 0.143. The van der Waals surface area contributed by atoms with E-state index in [1.807, 2.05) is 47.9 Å². The van der Waals surface area contributed by atoms with Gasteiger partial charge in [-0.15, -0.1) is 0 Å². The minimum Gasteiger partial charge on any atom is -0.363 e. The van der Waals surface area contributed by atoms with Crippen molar-refractivity contribution in [2.45, 2.75) is 0 Å². The number of rotatable bonds is 2. The first kappa shape index (κ1) is 12.4. The predicted octanol–water partition coefficient (Wildman–Crippen LogP) is 3.07. The second-order valence-electron chi connectivity index (χ2n) is 4.54. The van der Waals surface area contributed by atoms with E-state index in [2.05, 4.69) is 50.9 Å². The zero-order chi connectivity index (χ0) is 13.4. The van der Waals surface area contributed by atoms with Crippen molar-refractivity contribution in [1.82, 2.24) is 14.4 Å². The Morgan fingerprint density at radius 1 is 1.11 bits per heavy atom. The van der Waals surface area contributed by atoms with Gasteiger partial charge in [0.25, 0.3) is 0 Å². The van der Waals surface area contributed by atoms with Gasteiger partial charge < -0.3 is 9.30 Å². The fourth-order valence-corrected chi connectivity index (χ4v) is 2.39. The molecule has 0 saturated heterocycles. The largest absolute Gasteiger partial charge is 0.363 e. The lowest BCUT2D eigenvalue weighted by Crippen LogP contribution is -2.09. The van der Waals surface area contributed by atoms with Crippen LogP contribution in [0.3, 0.4) is 0 Å². The Labute approximate surface area is 125 Å². The second-order valence-corrected chi connectivity index (χ2v) is 5.78. The van der Waals surface area contributed by atoms with Gasteiger partial charge in [0.2, 0.25) is 0 Å². The minimum absolute atomic E-state index is 0.944. The molecule has 3 heterocycles. The molecule has 4 nitrogen and oxygen atoms in total. The van der Waals surface area contributed by atoms with Crippen LogP contribution in [-0.4, -0.2) is 28.5 Å². The molecule has 3 aromatic rings. The highest BCUT2D eigenvalue weighted by Crippen LogP contribution is 2.20. The number of fused-ring (bicyclic) bond motifs is 1. The van der Waals surface area contributed by atoms with E-state index in [4.69, 9.17) is 0 Å². The van der Waals surface area contributed by atoms with E-state index in [1.165, 1.54) is 3.57 Å².